The monoisotopic (exact) mass is 549 g/mol. The van der Waals surface area contributed by atoms with Crippen molar-refractivity contribution >= 4 is 23.1 Å². The smallest absolute Gasteiger partial charge is 0.493 e. The molecule has 10 nitrogen and oxygen atoms in total. The molecule has 1 aromatic carbocycles. The second kappa shape index (κ2) is 11.1. The summed E-state index contributed by atoms with van der Waals surface area (Å²) in [5.74, 6) is 1.81. The first-order valence-electron chi connectivity index (χ1n) is 14.0. The SMILES string of the molecule is Cc1ccc(OCC2CC2)c(-c2nc(C)nc3c(C(=O)NC4CCN(OC(=O)OC(C)(C)C)CC4)c(C)[nH]c23)c1. The zero-order valence-electron chi connectivity index (χ0n) is 24.2. The lowest BCUT2D eigenvalue weighted by Crippen LogP contribution is -2.45. The van der Waals surface area contributed by atoms with Gasteiger partial charge < -0.3 is 24.6 Å². The summed E-state index contributed by atoms with van der Waals surface area (Å²) in [4.78, 5) is 43.7. The fourth-order valence-corrected chi connectivity index (χ4v) is 4.94. The third kappa shape index (κ3) is 6.55. The molecule has 5 rings (SSSR count). The maximum Gasteiger partial charge on any atom is 0.528 e. The number of fused-ring (bicyclic) bond motifs is 1. The second-order valence-corrected chi connectivity index (χ2v) is 12.0. The van der Waals surface area contributed by atoms with Gasteiger partial charge in [-0.2, -0.15) is 0 Å². The van der Waals surface area contributed by atoms with Crippen LogP contribution in [0, 0.1) is 26.7 Å². The number of aromatic amines is 1. The first-order chi connectivity index (χ1) is 19.0. The molecule has 2 N–H and O–H groups in total. The van der Waals surface area contributed by atoms with Gasteiger partial charge in [0.1, 0.15) is 28.4 Å². The van der Waals surface area contributed by atoms with E-state index in [4.69, 9.17) is 19.3 Å². The van der Waals surface area contributed by atoms with Gasteiger partial charge in [-0.25, -0.2) is 14.8 Å². The average Bonchev–Trinajstić information content (AvgIpc) is 3.63. The summed E-state index contributed by atoms with van der Waals surface area (Å²) in [5.41, 5.74) is 4.66. The van der Waals surface area contributed by atoms with Crippen molar-refractivity contribution in [2.45, 2.75) is 78.9 Å². The fourth-order valence-electron chi connectivity index (χ4n) is 4.94. The Balaban J connectivity index is 1.33. The van der Waals surface area contributed by atoms with E-state index >= 15 is 0 Å². The van der Waals surface area contributed by atoms with Crippen LogP contribution in [0.2, 0.25) is 0 Å². The van der Waals surface area contributed by atoms with E-state index in [1.54, 1.807) is 25.8 Å². The Morgan fingerprint density at radius 3 is 2.48 bits per heavy atom. The summed E-state index contributed by atoms with van der Waals surface area (Å²) in [7, 11) is 0. The number of rotatable bonds is 7. The van der Waals surface area contributed by atoms with Gasteiger partial charge in [-0.1, -0.05) is 11.6 Å². The minimum absolute atomic E-state index is 0.0584. The first-order valence-corrected chi connectivity index (χ1v) is 14.0. The molecule has 0 unspecified atom stereocenters. The molecule has 10 heteroatoms. The van der Waals surface area contributed by atoms with Crippen LogP contribution in [-0.4, -0.2) is 63.4 Å². The van der Waals surface area contributed by atoms with Gasteiger partial charge in [0.15, 0.2) is 0 Å². The number of hydrogen-bond acceptors (Lipinski definition) is 8. The minimum Gasteiger partial charge on any atom is -0.493 e. The second-order valence-electron chi connectivity index (χ2n) is 12.0. The number of nitrogens with zero attached hydrogens (tertiary/aromatic N) is 3. The lowest BCUT2D eigenvalue weighted by molar-refractivity contribution is -0.152. The molecule has 214 valence electrons. The van der Waals surface area contributed by atoms with Crippen molar-refractivity contribution in [2.24, 2.45) is 5.92 Å². The molecule has 3 heterocycles. The van der Waals surface area contributed by atoms with E-state index in [0.29, 0.717) is 55.4 Å². The molecule has 2 aromatic heterocycles. The van der Waals surface area contributed by atoms with Gasteiger partial charge in [0.05, 0.1) is 17.7 Å². The van der Waals surface area contributed by atoms with Crippen molar-refractivity contribution in [3.8, 4) is 17.0 Å². The Morgan fingerprint density at radius 1 is 1.07 bits per heavy atom. The van der Waals surface area contributed by atoms with Gasteiger partial charge in [0, 0.05) is 30.4 Å². The molecule has 0 atom stereocenters. The molecule has 2 fully saturated rings. The Morgan fingerprint density at radius 2 is 1.80 bits per heavy atom. The molecule has 0 spiro atoms. The zero-order chi connectivity index (χ0) is 28.6. The molecule has 1 saturated carbocycles. The summed E-state index contributed by atoms with van der Waals surface area (Å²) < 4.78 is 11.4. The van der Waals surface area contributed by atoms with E-state index in [0.717, 1.165) is 33.8 Å². The number of aromatic nitrogens is 3. The van der Waals surface area contributed by atoms with Crippen molar-refractivity contribution < 1.29 is 23.9 Å². The summed E-state index contributed by atoms with van der Waals surface area (Å²) in [5, 5.41) is 4.75. The molecule has 0 radical (unpaired) electrons. The van der Waals surface area contributed by atoms with Gasteiger partial charge in [0.2, 0.25) is 0 Å². The van der Waals surface area contributed by atoms with Crippen LogP contribution in [0.4, 0.5) is 4.79 Å². The molecule has 2 aliphatic rings. The number of ether oxygens (including phenoxy) is 2. The number of carbonyl (C=O) groups is 2. The topological polar surface area (TPSA) is 119 Å². The number of H-pyrrole nitrogens is 1. The maximum absolute atomic E-state index is 13.6. The summed E-state index contributed by atoms with van der Waals surface area (Å²) in [6.45, 7) is 12.8. The van der Waals surface area contributed by atoms with E-state index in [1.807, 2.05) is 32.9 Å². The highest BCUT2D eigenvalue weighted by Gasteiger charge is 2.29. The Bertz CT molecular complexity index is 1410. The van der Waals surface area contributed by atoms with Gasteiger partial charge in [0.25, 0.3) is 5.91 Å². The van der Waals surface area contributed by atoms with Crippen LogP contribution >= 0.6 is 0 Å². The average molecular weight is 550 g/mol. The van der Waals surface area contributed by atoms with Crippen molar-refractivity contribution in [3.05, 3.63) is 40.8 Å². The molecule has 40 heavy (non-hydrogen) atoms. The summed E-state index contributed by atoms with van der Waals surface area (Å²) in [6.07, 6.45) is 2.98. The first kappa shape index (κ1) is 27.9. The number of aryl methyl sites for hydroxylation is 3. The largest absolute Gasteiger partial charge is 0.528 e. The third-order valence-electron chi connectivity index (χ3n) is 7.12. The highest BCUT2D eigenvalue weighted by molar-refractivity contribution is 6.09. The molecule has 1 saturated heterocycles. The molecule has 1 aliphatic heterocycles. The van der Waals surface area contributed by atoms with E-state index in [1.165, 1.54) is 12.8 Å². The quantitative estimate of drug-likeness (QED) is 0.376. The van der Waals surface area contributed by atoms with Crippen LogP contribution in [0.15, 0.2) is 18.2 Å². The Hall–Kier alpha value is -3.66. The van der Waals surface area contributed by atoms with Crippen molar-refractivity contribution in [2.75, 3.05) is 19.7 Å². The third-order valence-corrected chi connectivity index (χ3v) is 7.12. The molecule has 0 bridgehead atoms. The van der Waals surface area contributed by atoms with Crippen LogP contribution in [0.1, 0.15) is 73.9 Å². The zero-order valence-corrected chi connectivity index (χ0v) is 24.2. The van der Waals surface area contributed by atoms with Gasteiger partial charge >= 0.3 is 6.16 Å². The minimum atomic E-state index is -0.718. The van der Waals surface area contributed by atoms with E-state index in [2.05, 4.69) is 21.4 Å². The van der Waals surface area contributed by atoms with Crippen LogP contribution in [0.3, 0.4) is 0 Å². The van der Waals surface area contributed by atoms with Crippen LogP contribution in [0.25, 0.3) is 22.3 Å². The van der Waals surface area contributed by atoms with Crippen LogP contribution in [-0.2, 0) is 9.57 Å². The molecular weight excluding hydrogens is 510 g/mol. The molecule has 3 aromatic rings. The van der Waals surface area contributed by atoms with Crippen molar-refractivity contribution in [1.82, 2.24) is 25.3 Å². The molecule has 1 amide bonds. The Kier molecular flexibility index (Phi) is 7.72. The number of carbonyl (C=O) groups excluding carboxylic acids is 2. The van der Waals surface area contributed by atoms with E-state index < -0.39 is 11.8 Å². The van der Waals surface area contributed by atoms with E-state index in [-0.39, 0.29) is 11.9 Å². The number of hydroxylamine groups is 2. The normalized spacial score (nSPS) is 16.6. The summed E-state index contributed by atoms with van der Waals surface area (Å²) >= 11 is 0. The lowest BCUT2D eigenvalue weighted by Gasteiger charge is -2.31. The number of piperidine rings is 1. The van der Waals surface area contributed by atoms with Crippen LogP contribution in [0.5, 0.6) is 5.75 Å². The predicted octanol–water partition coefficient (Wildman–Crippen LogP) is 5.40. The number of nitrogens with one attached hydrogen (secondary N) is 2. The fraction of sp³-hybridized carbons (Fsp3) is 0.533. The van der Waals surface area contributed by atoms with Crippen molar-refractivity contribution in [1.29, 1.82) is 0 Å². The standard InChI is InChI=1S/C30H39N5O5/c1-17-7-10-23(38-16-20-8-9-20)22(15-17)25-27-26(33-19(3)32-25)24(18(2)31-27)28(36)34-21-11-13-35(14-12-21)40-29(37)39-30(4,5)6/h7,10,15,20-21,31H,8-9,11-14,16H2,1-6H3,(H,34,36). The van der Waals surface area contributed by atoms with Gasteiger partial charge in [-0.05, 0) is 85.3 Å². The highest BCUT2D eigenvalue weighted by atomic mass is 16.8. The maximum atomic E-state index is 13.6. The highest BCUT2D eigenvalue weighted by Crippen LogP contribution is 2.37. The predicted molar refractivity (Wildman–Crippen MR) is 151 cm³/mol. The molecular formula is C30H39N5O5. The lowest BCUT2D eigenvalue weighted by atomic mass is 10.0. The number of amides is 1. The van der Waals surface area contributed by atoms with Gasteiger partial charge in [-0.3, -0.25) is 4.79 Å². The van der Waals surface area contributed by atoms with E-state index in [9.17, 15) is 9.59 Å². The molecule has 1 aliphatic carbocycles. The number of benzene rings is 1. The summed E-state index contributed by atoms with van der Waals surface area (Å²) in [6, 6.07) is 6.06. The number of hydrogen-bond donors (Lipinski definition) is 2. The van der Waals surface area contributed by atoms with Gasteiger partial charge in [-0.15, -0.1) is 5.06 Å². The Labute approximate surface area is 234 Å². The van der Waals surface area contributed by atoms with Crippen LogP contribution < -0.4 is 10.1 Å². The van der Waals surface area contributed by atoms with Crippen molar-refractivity contribution in [3.63, 3.8) is 0 Å².